The molecule has 0 spiro atoms. The third-order valence-corrected chi connectivity index (χ3v) is 4.94. The molecule has 0 amide bonds. The molecule has 6 N–H and O–H groups in total. The molecule has 0 aliphatic heterocycles. The number of aromatic nitrogens is 7. The Kier molecular flexibility index (Phi) is 9.41. The molecule has 2 heterocycles. The number of rotatable bonds is 10. The molecule has 3 rings (SSSR count). The fourth-order valence-electron chi connectivity index (χ4n) is 2.16. The second-order valence-electron chi connectivity index (χ2n) is 6.09. The second-order valence-corrected chi connectivity index (χ2v) is 9.75. The van der Waals surface area contributed by atoms with E-state index in [9.17, 15) is 21.4 Å². The summed E-state index contributed by atoms with van der Waals surface area (Å²) in [4.78, 5) is 12.1. The number of nitrogens with zero attached hydrogens (tertiary/aromatic N) is 6. The lowest BCUT2D eigenvalue weighted by molar-refractivity contribution is 0.483. The van der Waals surface area contributed by atoms with Crippen LogP contribution >= 0.6 is 0 Å². The predicted octanol–water partition coefficient (Wildman–Crippen LogP) is -1.92. The molecule has 0 aliphatic carbocycles. The molecule has 22 heteroatoms. The highest BCUT2D eigenvalue weighted by Crippen LogP contribution is 2.20. The van der Waals surface area contributed by atoms with Gasteiger partial charge in [0, 0.05) is 18.8 Å². The first-order valence-corrected chi connectivity index (χ1v) is 13.2. The van der Waals surface area contributed by atoms with Crippen molar-refractivity contribution < 1.29 is 34.0 Å². The van der Waals surface area contributed by atoms with Gasteiger partial charge < -0.3 is 10.6 Å². The molecule has 0 atom stereocenters. The topological polar surface area (TPSA) is 281 Å². The molecule has 190 valence electrons. The summed E-state index contributed by atoms with van der Waals surface area (Å²) in [6.07, 6.45) is 1.03. The van der Waals surface area contributed by atoms with E-state index in [1.165, 1.54) is 24.3 Å². The van der Waals surface area contributed by atoms with Crippen LogP contribution in [0.2, 0.25) is 0 Å². The van der Waals surface area contributed by atoms with Crippen LogP contribution in [0.4, 0.5) is 29.5 Å². The van der Waals surface area contributed by atoms with E-state index >= 15 is 0 Å². The molecule has 0 aliphatic rings. The lowest BCUT2D eigenvalue weighted by Crippen LogP contribution is -2.28. The van der Waals surface area contributed by atoms with Crippen LogP contribution in [-0.4, -0.2) is 88.9 Å². The molecule has 0 unspecified atom stereocenters. The Morgan fingerprint density at radius 1 is 0.943 bits per heavy atom. The van der Waals surface area contributed by atoms with Crippen molar-refractivity contribution in [2.45, 2.75) is 4.90 Å². The maximum Gasteiger partial charge on any atom is 0.425 e. The first-order chi connectivity index (χ1) is 16.3. The minimum absolute atomic E-state index is 0.00653. The van der Waals surface area contributed by atoms with Crippen molar-refractivity contribution in [2.24, 2.45) is 0 Å². The Bertz CT molecular complexity index is 1460. The zero-order valence-corrected chi connectivity index (χ0v) is 19.9. The van der Waals surface area contributed by atoms with Crippen molar-refractivity contribution >= 4 is 60.2 Å². The Morgan fingerprint density at radius 2 is 1.57 bits per heavy atom. The molecule has 0 radical (unpaired) electrons. The van der Waals surface area contributed by atoms with Gasteiger partial charge in [0.25, 0.3) is 16.1 Å². The maximum absolute atomic E-state index is 11.3. The van der Waals surface area contributed by atoms with E-state index in [0.717, 1.165) is 6.26 Å². The van der Waals surface area contributed by atoms with Crippen LogP contribution in [-0.2, 0) is 30.8 Å². The van der Waals surface area contributed by atoms with Gasteiger partial charge in [0.1, 0.15) is 0 Å². The molecule has 35 heavy (non-hydrogen) atoms. The van der Waals surface area contributed by atoms with Crippen LogP contribution in [0.25, 0.3) is 0 Å². The Balaban J connectivity index is 0.00000100. The molecule has 0 saturated carbocycles. The molecule has 0 bridgehead atoms. The number of benzene rings is 1. The maximum atomic E-state index is 11.3. The quantitative estimate of drug-likeness (QED) is 0.118. The number of hydrogen-bond acceptors (Lipinski definition) is 16. The Morgan fingerprint density at radius 3 is 2.14 bits per heavy atom. The summed E-state index contributed by atoms with van der Waals surface area (Å²) in [7, 11) is -10.9. The third-order valence-electron chi connectivity index (χ3n) is 3.36. The van der Waals surface area contributed by atoms with Gasteiger partial charge in [-0.3, -0.25) is 9.87 Å². The Labute approximate surface area is 199 Å². The number of tetrazole rings is 1. The lowest BCUT2D eigenvalue weighted by Gasteiger charge is -2.11. The monoisotopic (exact) mass is 551 g/mol. The normalized spacial score (nSPS) is 11.1. The van der Waals surface area contributed by atoms with Gasteiger partial charge in [-0.25, -0.2) is 13.1 Å². The van der Waals surface area contributed by atoms with Crippen LogP contribution in [0.1, 0.15) is 0 Å². The summed E-state index contributed by atoms with van der Waals surface area (Å²) in [6, 6.07) is 5.36. The zero-order valence-electron chi connectivity index (χ0n) is 17.4. The fourth-order valence-corrected chi connectivity index (χ4v) is 3.15. The summed E-state index contributed by atoms with van der Waals surface area (Å²) < 4.78 is 81.8. The van der Waals surface area contributed by atoms with Crippen LogP contribution in [0.15, 0.2) is 29.2 Å². The van der Waals surface area contributed by atoms with Gasteiger partial charge in [0.2, 0.25) is 27.9 Å². The number of sulfonamides is 1. The summed E-state index contributed by atoms with van der Waals surface area (Å²) in [5.74, 6) is 0.176. The van der Waals surface area contributed by atoms with Crippen molar-refractivity contribution in [3.05, 3.63) is 24.3 Å². The summed E-state index contributed by atoms with van der Waals surface area (Å²) in [6.45, 7) is 0.244. The zero-order chi connectivity index (χ0) is 26.1. The molecule has 0 saturated heterocycles. The second kappa shape index (κ2) is 12.0. The summed E-state index contributed by atoms with van der Waals surface area (Å²) in [5, 5.41) is 21.4. The summed E-state index contributed by atoms with van der Waals surface area (Å²) >= 11 is 0. The molecule has 2 aromatic heterocycles. The van der Waals surface area contributed by atoms with Gasteiger partial charge in [-0.15, -0.1) is 17.7 Å². The van der Waals surface area contributed by atoms with Gasteiger partial charge in [0.15, 0.2) is 0 Å². The van der Waals surface area contributed by atoms with Crippen LogP contribution < -0.4 is 20.7 Å². The number of aromatic amines is 1. The molecule has 3 aromatic rings. The molecule has 19 nitrogen and oxygen atoms in total. The number of anilines is 5. The largest absolute Gasteiger partial charge is 0.425 e. The highest BCUT2D eigenvalue weighted by atomic mass is 32.2. The number of hydrogen-bond donors (Lipinski definition) is 6. The first kappa shape index (κ1) is 27.4. The molecule has 1 aromatic carbocycles. The number of H-pyrrole nitrogens is 1. The highest BCUT2D eigenvalue weighted by molar-refractivity contribution is 7.88. The molecule has 0 fully saturated rings. The number of nitrogens with one attached hydrogen (secondary N) is 5. The fraction of sp³-hybridized carbons (Fsp3) is 0.231. The van der Waals surface area contributed by atoms with Crippen molar-refractivity contribution in [3.63, 3.8) is 0 Å². The van der Waals surface area contributed by atoms with E-state index < -0.39 is 30.8 Å². The van der Waals surface area contributed by atoms with Crippen molar-refractivity contribution in [3.8, 4) is 0 Å². The van der Waals surface area contributed by atoms with Crippen molar-refractivity contribution in [1.82, 2.24) is 40.3 Å². The van der Waals surface area contributed by atoms with Crippen LogP contribution in [0, 0.1) is 0 Å². The van der Waals surface area contributed by atoms with E-state index in [1.807, 2.05) is 0 Å². The van der Waals surface area contributed by atoms with E-state index in [4.69, 9.17) is 12.6 Å². The van der Waals surface area contributed by atoms with Crippen molar-refractivity contribution in [1.29, 1.82) is 0 Å². The van der Waals surface area contributed by atoms with Gasteiger partial charge >= 0.3 is 10.6 Å². The molecular formula is C13H17N11O8S3. The van der Waals surface area contributed by atoms with Gasteiger partial charge in [-0.2, -0.15) is 28.6 Å². The minimum atomic E-state index is -4.40. The third kappa shape index (κ3) is 10.7. The van der Waals surface area contributed by atoms with Crippen LogP contribution in [0.3, 0.4) is 0 Å². The predicted molar refractivity (Wildman–Crippen MR) is 118 cm³/mol. The Hall–Kier alpha value is -3.86. The standard InChI is InChI=1S/C13H17N11O5S2.O3S/c1-30(25,26)15-6-5-14-10-17-11(19-12(18-10)20-13-21-23-24-22-13)16-8-3-2-4-9(7-8)31(27,28)29;1-4(2)3/h2-4,7,15H,5-6H2,1H3,(H,27,28,29)(H4,14,16,17,18,19,20,21,22,23,24);. The van der Waals surface area contributed by atoms with E-state index in [0.29, 0.717) is 0 Å². The van der Waals surface area contributed by atoms with E-state index in [1.54, 1.807) is 0 Å². The molecular weight excluding hydrogens is 534 g/mol. The van der Waals surface area contributed by atoms with Gasteiger partial charge in [-0.05, 0) is 23.4 Å². The SMILES string of the molecule is CS(=O)(=O)NCCNc1nc(Nc2cccc(S(=O)(=O)O)c2)nc(Nc2nn[nH]n2)n1.O=S(=O)=O. The highest BCUT2D eigenvalue weighted by Gasteiger charge is 2.12. The van der Waals surface area contributed by atoms with Gasteiger partial charge in [0.05, 0.1) is 11.2 Å². The smallest absolute Gasteiger partial charge is 0.353 e. The van der Waals surface area contributed by atoms with E-state index in [-0.39, 0.29) is 47.5 Å². The van der Waals surface area contributed by atoms with Gasteiger partial charge in [-0.1, -0.05) is 11.2 Å². The first-order valence-electron chi connectivity index (χ1n) is 8.88. The average Bonchev–Trinajstić information content (AvgIpc) is 3.23. The van der Waals surface area contributed by atoms with E-state index in [2.05, 4.69) is 56.2 Å². The minimum Gasteiger partial charge on any atom is -0.353 e. The lowest BCUT2D eigenvalue weighted by atomic mass is 10.3. The average molecular weight is 552 g/mol. The van der Waals surface area contributed by atoms with Crippen molar-refractivity contribution in [2.75, 3.05) is 35.3 Å². The van der Waals surface area contributed by atoms with Crippen LogP contribution in [0.5, 0.6) is 0 Å². The summed E-state index contributed by atoms with van der Waals surface area (Å²) in [5.41, 5.74) is 0.275.